The van der Waals surface area contributed by atoms with Gasteiger partial charge in [0.15, 0.2) is 0 Å². The molecule has 0 radical (unpaired) electrons. The van der Waals surface area contributed by atoms with Crippen molar-refractivity contribution in [2.75, 3.05) is 11.9 Å². The third-order valence-corrected chi connectivity index (χ3v) is 3.15. The molecule has 5 nitrogen and oxygen atoms in total. The first kappa shape index (κ1) is 15.3. The fourth-order valence-electron chi connectivity index (χ4n) is 1.92. The third-order valence-electron chi connectivity index (χ3n) is 3.15. The zero-order valence-corrected chi connectivity index (χ0v) is 12.5. The molecule has 0 aliphatic heterocycles. The van der Waals surface area contributed by atoms with Crippen molar-refractivity contribution in [3.05, 3.63) is 47.7 Å². The maximum atomic E-state index is 5.61. The summed E-state index contributed by atoms with van der Waals surface area (Å²) in [6, 6.07) is 10.1. The van der Waals surface area contributed by atoms with Gasteiger partial charge in [-0.15, -0.1) is 0 Å². The number of rotatable bonds is 7. The quantitative estimate of drug-likeness (QED) is 0.818. The normalized spacial score (nSPS) is 12.0. The molecule has 1 heterocycles. The maximum absolute atomic E-state index is 5.61. The number of nitrogens with two attached hydrogens (primary N) is 1. The van der Waals surface area contributed by atoms with E-state index in [1.807, 2.05) is 12.1 Å². The van der Waals surface area contributed by atoms with Gasteiger partial charge in [-0.25, -0.2) is 4.98 Å². The van der Waals surface area contributed by atoms with E-state index in [0.717, 1.165) is 17.5 Å². The number of benzene rings is 1. The van der Waals surface area contributed by atoms with Gasteiger partial charge in [-0.2, -0.15) is 4.98 Å². The molecule has 0 fully saturated rings. The van der Waals surface area contributed by atoms with Gasteiger partial charge in [-0.3, -0.25) is 0 Å². The summed E-state index contributed by atoms with van der Waals surface area (Å²) in [7, 11) is 0. The van der Waals surface area contributed by atoms with Gasteiger partial charge < -0.3 is 15.8 Å². The molecule has 21 heavy (non-hydrogen) atoms. The highest BCUT2D eigenvalue weighted by Crippen LogP contribution is 2.18. The van der Waals surface area contributed by atoms with Crippen LogP contribution in [0.5, 0.6) is 5.88 Å². The second kappa shape index (κ2) is 7.59. The highest BCUT2D eigenvalue weighted by Gasteiger charge is 2.07. The van der Waals surface area contributed by atoms with Crippen LogP contribution in [0.1, 0.15) is 37.4 Å². The Hall–Kier alpha value is -2.14. The molecule has 5 heteroatoms. The van der Waals surface area contributed by atoms with Crippen LogP contribution >= 0.6 is 0 Å². The molecule has 3 N–H and O–H groups in total. The molecule has 112 valence electrons. The summed E-state index contributed by atoms with van der Waals surface area (Å²) in [5, 5.41) is 3.28. The smallest absolute Gasteiger partial charge is 0.226 e. The standard InChI is InChI=1S/C16H22N4O/c1-3-10-21-15-8-9-18-16(20-15)19-12(2)14-6-4-13(11-17)5-7-14/h4-9,12H,3,10-11,17H2,1-2H3,(H,18,19,20). The molecule has 0 spiro atoms. The van der Waals surface area contributed by atoms with E-state index >= 15 is 0 Å². The van der Waals surface area contributed by atoms with Gasteiger partial charge in [0.05, 0.1) is 12.6 Å². The van der Waals surface area contributed by atoms with Crippen LogP contribution in [-0.2, 0) is 6.54 Å². The van der Waals surface area contributed by atoms with Crippen molar-refractivity contribution < 1.29 is 4.74 Å². The fourth-order valence-corrected chi connectivity index (χ4v) is 1.92. The Morgan fingerprint density at radius 3 is 2.67 bits per heavy atom. The molecule has 0 bridgehead atoms. The number of aromatic nitrogens is 2. The van der Waals surface area contributed by atoms with Crippen molar-refractivity contribution in [1.29, 1.82) is 0 Å². The zero-order chi connectivity index (χ0) is 15.1. The summed E-state index contributed by atoms with van der Waals surface area (Å²) >= 11 is 0. The molecule has 0 saturated carbocycles. The van der Waals surface area contributed by atoms with Gasteiger partial charge in [0.25, 0.3) is 0 Å². The minimum Gasteiger partial charge on any atom is -0.478 e. The topological polar surface area (TPSA) is 73.1 Å². The molecule has 0 aliphatic rings. The lowest BCUT2D eigenvalue weighted by Gasteiger charge is -2.15. The molecule has 0 aliphatic carbocycles. The van der Waals surface area contributed by atoms with Crippen molar-refractivity contribution in [2.45, 2.75) is 32.9 Å². The molecule has 1 atom stereocenters. The predicted molar refractivity (Wildman–Crippen MR) is 84.2 cm³/mol. The number of hydrogen-bond acceptors (Lipinski definition) is 5. The van der Waals surface area contributed by atoms with Crippen LogP contribution in [0.15, 0.2) is 36.5 Å². The molecule has 0 saturated heterocycles. The summed E-state index contributed by atoms with van der Waals surface area (Å²) in [6.45, 7) is 5.35. The first-order chi connectivity index (χ1) is 10.2. The van der Waals surface area contributed by atoms with Crippen LogP contribution in [0.3, 0.4) is 0 Å². The lowest BCUT2D eigenvalue weighted by molar-refractivity contribution is 0.305. The second-order valence-electron chi connectivity index (χ2n) is 4.88. The van der Waals surface area contributed by atoms with Crippen molar-refractivity contribution in [2.24, 2.45) is 5.73 Å². The van der Waals surface area contributed by atoms with E-state index in [4.69, 9.17) is 10.5 Å². The number of nitrogens with zero attached hydrogens (tertiary/aromatic N) is 2. The molecule has 1 unspecified atom stereocenters. The largest absolute Gasteiger partial charge is 0.478 e. The molecular formula is C16H22N4O. The monoisotopic (exact) mass is 286 g/mol. The second-order valence-corrected chi connectivity index (χ2v) is 4.88. The van der Waals surface area contributed by atoms with E-state index in [2.05, 4.69) is 41.3 Å². The summed E-state index contributed by atoms with van der Waals surface area (Å²) in [4.78, 5) is 8.57. The van der Waals surface area contributed by atoms with E-state index in [9.17, 15) is 0 Å². The van der Waals surface area contributed by atoms with Crippen molar-refractivity contribution in [1.82, 2.24) is 9.97 Å². The van der Waals surface area contributed by atoms with Crippen molar-refractivity contribution in [3.8, 4) is 5.88 Å². The number of nitrogens with one attached hydrogen (secondary N) is 1. The Morgan fingerprint density at radius 2 is 2.00 bits per heavy atom. The van der Waals surface area contributed by atoms with E-state index in [1.165, 1.54) is 0 Å². The van der Waals surface area contributed by atoms with Gasteiger partial charge in [-0.05, 0) is 24.5 Å². The van der Waals surface area contributed by atoms with E-state index in [1.54, 1.807) is 12.3 Å². The number of ether oxygens (including phenoxy) is 1. The van der Waals surface area contributed by atoms with Crippen LogP contribution < -0.4 is 15.8 Å². The van der Waals surface area contributed by atoms with Crippen molar-refractivity contribution >= 4 is 5.95 Å². The Kier molecular flexibility index (Phi) is 5.51. The van der Waals surface area contributed by atoms with Crippen LogP contribution in [0.4, 0.5) is 5.95 Å². The summed E-state index contributed by atoms with van der Waals surface area (Å²) in [5.74, 6) is 1.17. The molecule has 1 aromatic heterocycles. The average molecular weight is 286 g/mol. The zero-order valence-electron chi connectivity index (χ0n) is 12.5. The molecule has 0 amide bonds. The average Bonchev–Trinajstić information content (AvgIpc) is 2.53. The number of hydrogen-bond donors (Lipinski definition) is 2. The summed E-state index contributed by atoms with van der Waals surface area (Å²) < 4.78 is 5.51. The predicted octanol–water partition coefficient (Wildman–Crippen LogP) is 2.90. The van der Waals surface area contributed by atoms with Crippen LogP contribution in [0.2, 0.25) is 0 Å². The molecule has 2 rings (SSSR count). The van der Waals surface area contributed by atoms with Gasteiger partial charge in [0.2, 0.25) is 11.8 Å². The van der Waals surface area contributed by atoms with Gasteiger partial charge in [0, 0.05) is 18.8 Å². The lowest BCUT2D eigenvalue weighted by atomic mass is 10.1. The fraction of sp³-hybridized carbons (Fsp3) is 0.375. The first-order valence-corrected chi connectivity index (χ1v) is 7.24. The Balaban J connectivity index is 2.02. The Morgan fingerprint density at radius 1 is 1.24 bits per heavy atom. The maximum Gasteiger partial charge on any atom is 0.226 e. The Bertz CT molecular complexity index is 556. The van der Waals surface area contributed by atoms with Crippen LogP contribution in [0.25, 0.3) is 0 Å². The van der Waals surface area contributed by atoms with Crippen LogP contribution in [-0.4, -0.2) is 16.6 Å². The Labute approximate surface area is 125 Å². The SMILES string of the molecule is CCCOc1ccnc(NC(C)c2ccc(CN)cc2)n1. The summed E-state index contributed by atoms with van der Waals surface area (Å²) in [5.41, 5.74) is 7.89. The summed E-state index contributed by atoms with van der Waals surface area (Å²) in [6.07, 6.45) is 2.65. The molecule has 1 aromatic carbocycles. The van der Waals surface area contributed by atoms with E-state index in [-0.39, 0.29) is 6.04 Å². The van der Waals surface area contributed by atoms with Gasteiger partial charge in [0.1, 0.15) is 0 Å². The van der Waals surface area contributed by atoms with Crippen LogP contribution in [0, 0.1) is 0 Å². The first-order valence-electron chi connectivity index (χ1n) is 7.24. The molecule has 2 aromatic rings. The number of anilines is 1. The lowest BCUT2D eigenvalue weighted by Crippen LogP contribution is -2.10. The highest BCUT2D eigenvalue weighted by molar-refractivity contribution is 5.34. The minimum absolute atomic E-state index is 0.109. The molecular weight excluding hydrogens is 264 g/mol. The highest BCUT2D eigenvalue weighted by atomic mass is 16.5. The van der Waals surface area contributed by atoms with Gasteiger partial charge in [-0.1, -0.05) is 31.2 Å². The van der Waals surface area contributed by atoms with Gasteiger partial charge >= 0.3 is 0 Å². The van der Waals surface area contributed by atoms with E-state index < -0.39 is 0 Å². The van der Waals surface area contributed by atoms with E-state index in [0.29, 0.717) is 25.0 Å². The van der Waals surface area contributed by atoms with Crippen molar-refractivity contribution in [3.63, 3.8) is 0 Å². The third kappa shape index (κ3) is 4.43. The minimum atomic E-state index is 0.109.